The smallest absolute Gasteiger partial charge is 0.259 e. The van der Waals surface area contributed by atoms with E-state index in [2.05, 4.69) is 15.5 Å². The van der Waals surface area contributed by atoms with Gasteiger partial charge in [0.15, 0.2) is 6.10 Å². The predicted molar refractivity (Wildman–Crippen MR) is 69.5 cm³/mol. The van der Waals surface area contributed by atoms with Crippen molar-refractivity contribution in [1.29, 1.82) is 0 Å². The maximum atomic E-state index is 12.1. The van der Waals surface area contributed by atoms with Crippen LogP contribution < -0.4 is 5.32 Å². The lowest BCUT2D eigenvalue weighted by atomic mass is 10.1. The molecule has 0 fully saturated rings. The van der Waals surface area contributed by atoms with E-state index in [1.165, 1.54) is 18.4 Å². The van der Waals surface area contributed by atoms with Gasteiger partial charge in [-0.2, -0.15) is 0 Å². The van der Waals surface area contributed by atoms with Crippen LogP contribution in [-0.2, 0) is 9.53 Å². The molecular weight excluding hydrogens is 250 g/mol. The van der Waals surface area contributed by atoms with E-state index >= 15 is 0 Å². The summed E-state index contributed by atoms with van der Waals surface area (Å²) in [6.07, 6.45) is -0.643. The van der Waals surface area contributed by atoms with Crippen molar-refractivity contribution in [2.24, 2.45) is 0 Å². The highest BCUT2D eigenvalue weighted by molar-refractivity contribution is 7.15. The molecule has 1 amide bonds. The summed E-state index contributed by atoms with van der Waals surface area (Å²) in [5.74, 6) is -0.250. The summed E-state index contributed by atoms with van der Waals surface area (Å²) in [6.45, 7) is 1.83. The SMILES string of the molecule is COC(C(=O)Nc1nnc(C)s1)c1ccccc1. The zero-order chi connectivity index (χ0) is 13.0. The number of aryl methyl sites for hydroxylation is 1. The van der Waals surface area contributed by atoms with Gasteiger partial charge in [-0.1, -0.05) is 41.7 Å². The van der Waals surface area contributed by atoms with E-state index in [1.807, 2.05) is 37.3 Å². The van der Waals surface area contributed by atoms with Crippen LogP contribution in [0.15, 0.2) is 30.3 Å². The quantitative estimate of drug-likeness (QED) is 0.918. The van der Waals surface area contributed by atoms with Crippen molar-refractivity contribution < 1.29 is 9.53 Å². The first-order valence-corrected chi connectivity index (χ1v) is 6.21. The minimum absolute atomic E-state index is 0.250. The Hall–Kier alpha value is -1.79. The minimum Gasteiger partial charge on any atom is -0.367 e. The van der Waals surface area contributed by atoms with Gasteiger partial charge < -0.3 is 4.74 Å². The number of ether oxygens (including phenoxy) is 1. The highest BCUT2D eigenvalue weighted by Crippen LogP contribution is 2.20. The molecule has 0 spiro atoms. The Labute approximate surface area is 109 Å². The van der Waals surface area contributed by atoms with Crippen molar-refractivity contribution >= 4 is 22.4 Å². The van der Waals surface area contributed by atoms with Crippen LogP contribution in [0.4, 0.5) is 5.13 Å². The molecule has 0 radical (unpaired) electrons. The Morgan fingerprint density at radius 1 is 1.33 bits per heavy atom. The van der Waals surface area contributed by atoms with E-state index < -0.39 is 6.10 Å². The zero-order valence-electron chi connectivity index (χ0n) is 10.1. The molecule has 94 valence electrons. The topological polar surface area (TPSA) is 64.1 Å². The predicted octanol–water partition coefficient (Wildman–Crippen LogP) is 2.17. The van der Waals surface area contributed by atoms with Crippen LogP contribution in [0.3, 0.4) is 0 Å². The Morgan fingerprint density at radius 3 is 2.61 bits per heavy atom. The van der Waals surface area contributed by atoms with Crippen LogP contribution in [-0.4, -0.2) is 23.2 Å². The summed E-state index contributed by atoms with van der Waals surface area (Å²) in [4.78, 5) is 12.1. The van der Waals surface area contributed by atoms with E-state index in [1.54, 1.807) is 0 Å². The lowest BCUT2D eigenvalue weighted by Gasteiger charge is -2.14. The molecular formula is C12H13N3O2S. The number of hydrogen-bond donors (Lipinski definition) is 1. The van der Waals surface area contributed by atoms with Gasteiger partial charge in [-0.15, -0.1) is 10.2 Å². The summed E-state index contributed by atoms with van der Waals surface area (Å²) >= 11 is 1.33. The maximum Gasteiger partial charge on any atom is 0.259 e. The first-order chi connectivity index (χ1) is 8.70. The molecule has 1 heterocycles. The molecule has 1 aromatic carbocycles. The fourth-order valence-electron chi connectivity index (χ4n) is 1.54. The molecule has 0 aliphatic rings. The second-order valence-corrected chi connectivity index (χ2v) is 4.82. The van der Waals surface area contributed by atoms with Crippen LogP contribution in [0.25, 0.3) is 0 Å². The van der Waals surface area contributed by atoms with Gasteiger partial charge in [0.05, 0.1) is 0 Å². The van der Waals surface area contributed by atoms with Gasteiger partial charge in [-0.25, -0.2) is 0 Å². The average Bonchev–Trinajstić information content (AvgIpc) is 2.77. The number of nitrogens with one attached hydrogen (secondary N) is 1. The van der Waals surface area contributed by atoms with Gasteiger partial charge in [0.1, 0.15) is 5.01 Å². The number of methoxy groups -OCH3 is 1. The van der Waals surface area contributed by atoms with Crippen molar-refractivity contribution in [2.75, 3.05) is 12.4 Å². The van der Waals surface area contributed by atoms with Crippen molar-refractivity contribution in [3.8, 4) is 0 Å². The number of carbonyl (C=O) groups excluding carboxylic acids is 1. The largest absolute Gasteiger partial charge is 0.367 e. The summed E-state index contributed by atoms with van der Waals surface area (Å²) in [5, 5.41) is 11.7. The summed E-state index contributed by atoms with van der Waals surface area (Å²) in [6, 6.07) is 9.31. The third kappa shape index (κ3) is 2.91. The van der Waals surface area contributed by atoms with E-state index in [-0.39, 0.29) is 5.91 Å². The van der Waals surface area contributed by atoms with Gasteiger partial charge in [0.2, 0.25) is 5.13 Å². The Morgan fingerprint density at radius 2 is 2.06 bits per heavy atom. The number of anilines is 1. The van der Waals surface area contributed by atoms with Crippen LogP contribution in [0.2, 0.25) is 0 Å². The molecule has 1 aromatic heterocycles. The molecule has 6 heteroatoms. The van der Waals surface area contributed by atoms with Crippen LogP contribution in [0, 0.1) is 6.92 Å². The molecule has 0 aliphatic carbocycles. The number of carbonyl (C=O) groups is 1. The second kappa shape index (κ2) is 5.70. The zero-order valence-corrected chi connectivity index (χ0v) is 10.9. The number of nitrogens with zero attached hydrogens (tertiary/aromatic N) is 2. The molecule has 5 nitrogen and oxygen atoms in total. The van der Waals surface area contributed by atoms with E-state index in [0.717, 1.165) is 10.6 Å². The normalized spacial score (nSPS) is 12.1. The van der Waals surface area contributed by atoms with Gasteiger partial charge >= 0.3 is 0 Å². The van der Waals surface area contributed by atoms with Crippen molar-refractivity contribution in [1.82, 2.24) is 10.2 Å². The van der Waals surface area contributed by atoms with Gasteiger partial charge in [0.25, 0.3) is 5.91 Å². The molecule has 1 unspecified atom stereocenters. The Bertz CT molecular complexity index is 527. The third-order valence-corrected chi connectivity index (χ3v) is 3.09. The Kier molecular flexibility index (Phi) is 4.01. The first kappa shape index (κ1) is 12.7. The third-order valence-electron chi connectivity index (χ3n) is 2.33. The van der Waals surface area contributed by atoms with Crippen molar-refractivity contribution in [3.05, 3.63) is 40.9 Å². The molecule has 18 heavy (non-hydrogen) atoms. The average molecular weight is 263 g/mol. The number of rotatable bonds is 4. The van der Waals surface area contributed by atoms with Crippen molar-refractivity contribution in [2.45, 2.75) is 13.0 Å². The highest BCUT2D eigenvalue weighted by Gasteiger charge is 2.20. The molecule has 0 saturated heterocycles. The molecule has 0 saturated carbocycles. The monoisotopic (exact) mass is 263 g/mol. The fourth-order valence-corrected chi connectivity index (χ4v) is 2.14. The summed E-state index contributed by atoms with van der Waals surface area (Å²) < 4.78 is 5.22. The molecule has 0 aliphatic heterocycles. The van der Waals surface area contributed by atoms with Crippen LogP contribution >= 0.6 is 11.3 Å². The van der Waals surface area contributed by atoms with Gasteiger partial charge in [-0.3, -0.25) is 10.1 Å². The van der Waals surface area contributed by atoms with Gasteiger partial charge in [0, 0.05) is 7.11 Å². The molecule has 1 atom stereocenters. The van der Waals surface area contributed by atoms with Crippen LogP contribution in [0.1, 0.15) is 16.7 Å². The van der Waals surface area contributed by atoms with Crippen molar-refractivity contribution in [3.63, 3.8) is 0 Å². The molecule has 2 rings (SSSR count). The molecule has 2 aromatic rings. The number of benzene rings is 1. The molecule has 0 bridgehead atoms. The number of hydrogen-bond acceptors (Lipinski definition) is 5. The highest BCUT2D eigenvalue weighted by atomic mass is 32.1. The number of amides is 1. The first-order valence-electron chi connectivity index (χ1n) is 5.39. The lowest BCUT2D eigenvalue weighted by Crippen LogP contribution is -2.22. The van der Waals surface area contributed by atoms with Crippen LogP contribution in [0.5, 0.6) is 0 Å². The molecule has 1 N–H and O–H groups in total. The van der Waals surface area contributed by atoms with E-state index in [9.17, 15) is 4.79 Å². The van der Waals surface area contributed by atoms with E-state index in [4.69, 9.17) is 4.74 Å². The van der Waals surface area contributed by atoms with Gasteiger partial charge in [-0.05, 0) is 12.5 Å². The second-order valence-electron chi connectivity index (χ2n) is 3.64. The summed E-state index contributed by atoms with van der Waals surface area (Å²) in [5.41, 5.74) is 0.804. The maximum absolute atomic E-state index is 12.1. The Balaban J connectivity index is 2.11. The fraction of sp³-hybridized carbons (Fsp3) is 0.250. The standard InChI is InChI=1S/C12H13N3O2S/c1-8-14-15-12(18-8)13-11(16)10(17-2)9-6-4-3-5-7-9/h3-7,10H,1-2H3,(H,13,15,16). The number of aromatic nitrogens is 2. The lowest BCUT2D eigenvalue weighted by molar-refractivity contribution is -0.126. The summed E-state index contributed by atoms with van der Waals surface area (Å²) in [7, 11) is 1.50. The van der Waals surface area contributed by atoms with E-state index in [0.29, 0.717) is 5.13 Å². The minimum atomic E-state index is -0.643.